The normalized spacial score (nSPS) is 14.0. The van der Waals surface area contributed by atoms with Crippen LogP contribution in [0.5, 0.6) is 0 Å². The Morgan fingerprint density at radius 2 is 1.77 bits per heavy atom. The molecule has 1 unspecified atom stereocenters. The molecule has 9 nitrogen and oxygen atoms in total. The second-order valence-electron chi connectivity index (χ2n) is 10.8. The number of hydrogen-bond donors (Lipinski definition) is 2. The lowest BCUT2D eigenvalue weighted by Gasteiger charge is -2.30. The number of rotatable bonds is 11. The third kappa shape index (κ3) is 7.82. The number of nitrogens with one attached hydrogen (secondary N) is 2. The van der Waals surface area contributed by atoms with Crippen LogP contribution in [0.1, 0.15) is 42.0 Å². The van der Waals surface area contributed by atoms with Gasteiger partial charge in [-0.05, 0) is 49.4 Å². The zero-order valence-electron chi connectivity index (χ0n) is 24.3. The van der Waals surface area contributed by atoms with Crippen LogP contribution in [0.3, 0.4) is 0 Å². The second-order valence-corrected chi connectivity index (χ2v) is 10.8. The van der Waals surface area contributed by atoms with E-state index in [1.807, 2.05) is 42.0 Å². The van der Waals surface area contributed by atoms with Gasteiger partial charge < -0.3 is 25.0 Å². The van der Waals surface area contributed by atoms with Gasteiger partial charge in [0, 0.05) is 50.4 Å². The van der Waals surface area contributed by atoms with Crippen LogP contribution in [0.2, 0.25) is 0 Å². The van der Waals surface area contributed by atoms with Gasteiger partial charge in [0.25, 0.3) is 0 Å². The van der Waals surface area contributed by atoms with E-state index in [0.717, 1.165) is 29.7 Å². The van der Waals surface area contributed by atoms with Gasteiger partial charge in [-0.15, -0.1) is 12.4 Å². The van der Waals surface area contributed by atoms with E-state index in [1.54, 1.807) is 6.92 Å². The van der Waals surface area contributed by atoms with Crippen LogP contribution in [-0.2, 0) is 22.4 Å². The number of aromatic nitrogens is 2. The summed E-state index contributed by atoms with van der Waals surface area (Å²) >= 11 is 0. The Balaban J connectivity index is 0.00000441. The highest BCUT2D eigenvalue weighted by Gasteiger charge is 2.29. The van der Waals surface area contributed by atoms with Gasteiger partial charge in [-0.1, -0.05) is 54.9 Å². The Morgan fingerprint density at radius 3 is 2.48 bits per heavy atom. The average molecular weight is 569 g/mol. The summed E-state index contributed by atoms with van der Waals surface area (Å²) in [7, 11) is 1.87. The molecule has 0 aliphatic heterocycles. The van der Waals surface area contributed by atoms with Crippen LogP contribution in [0.15, 0.2) is 40.9 Å². The molecule has 2 aromatic carbocycles. The topological polar surface area (TPSA) is 104 Å². The number of carbonyl (C=O) groups is 2. The van der Waals surface area contributed by atoms with E-state index in [0.29, 0.717) is 30.8 Å². The number of anilines is 1. The highest BCUT2D eigenvalue weighted by Crippen LogP contribution is 2.28. The van der Waals surface area contributed by atoms with Gasteiger partial charge >= 0.3 is 0 Å². The predicted molar refractivity (Wildman–Crippen MR) is 160 cm³/mol. The molecule has 0 saturated heterocycles. The molecule has 0 saturated carbocycles. The number of halogens is 1. The molecule has 1 aromatic heterocycles. The fraction of sp³-hybridized carbons (Fsp3) is 0.467. The highest BCUT2D eigenvalue weighted by molar-refractivity contribution is 5.87. The number of likely N-dealkylation sites (N-methyl/N-ethyl adjacent to an activating group) is 1. The molecule has 1 aliphatic carbocycles. The molecule has 40 heavy (non-hydrogen) atoms. The number of amides is 2. The van der Waals surface area contributed by atoms with Crippen molar-refractivity contribution in [1.29, 1.82) is 0 Å². The molecule has 2 amide bonds. The van der Waals surface area contributed by atoms with Crippen molar-refractivity contribution in [2.75, 3.05) is 38.1 Å². The molecular weight excluding hydrogens is 528 g/mol. The van der Waals surface area contributed by atoms with Gasteiger partial charge in [0.1, 0.15) is 0 Å². The number of benzene rings is 2. The van der Waals surface area contributed by atoms with E-state index in [2.05, 4.69) is 59.7 Å². The molecule has 0 spiro atoms. The number of nitrogens with zero attached hydrogens (tertiary/aromatic N) is 4. The molecule has 3 aromatic rings. The number of carbonyl (C=O) groups excluding carboxylic acids is 2. The second kappa shape index (κ2) is 13.8. The van der Waals surface area contributed by atoms with Crippen LogP contribution < -0.4 is 15.5 Å². The molecule has 0 fully saturated rings. The van der Waals surface area contributed by atoms with Crippen molar-refractivity contribution >= 4 is 29.9 Å². The smallest absolute Gasteiger partial charge is 0.242 e. The molecule has 216 valence electrons. The minimum absolute atomic E-state index is 0. The third-order valence-corrected chi connectivity index (χ3v) is 7.21. The van der Waals surface area contributed by atoms with E-state index >= 15 is 0 Å². The lowest BCUT2D eigenvalue weighted by atomic mass is 10.1. The van der Waals surface area contributed by atoms with Gasteiger partial charge in [0.2, 0.25) is 23.5 Å². The van der Waals surface area contributed by atoms with Crippen molar-refractivity contribution < 1.29 is 14.1 Å². The highest BCUT2D eigenvalue weighted by atomic mass is 35.5. The van der Waals surface area contributed by atoms with Crippen molar-refractivity contribution in [2.45, 2.75) is 59.5 Å². The molecule has 2 N–H and O–H groups in total. The lowest BCUT2D eigenvalue weighted by Crippen LogP contribution is -2.47. The van der Waals surface area contributed by atoms with E-state index < -0.39 is 0 Å². The molecule has 1 aliphatic rings. The zero-order valence-corrected chi connectivity index (χ0v) is 25.1. The Kier molecular flexibility index (Phi) is 10.7. The minimum atomic E-state index is -0.139. The summed E-state index contributed by atoms with van der Waals surface area (Å²) in [6.45, 7) is 11.3. The van der Waals surface area contributed by atoms with Gasteiger partial charge in [-0.3, -0.25) is 9.59 Å². The van der Waals surface area contributed by atoms with Crippen LogP contribution in [0, 0.1) is 20.8 Å². The summed E-state index contributed by atoms with van der Waals surface area (Å²) in [4.78, 5) is 34.6. The van der Waals surface area contributed by atoms with Gasteiger partial charge in [0.15, 0.2) is 0 Å². The van der Waals surface area contributed by atoms with Gasteiger partial charge in [-0.2, -0.15) is 4.98 Å². The maximum Gasteiger partial charge on any atom is 0.242 e. The van der Waals surface area contributed by atoms with Crippen molar-refractivity contribution in [1.82, 2.24) is 25.7 Å². The Morgan fingerprint density at radius 1 is 1.02 bits per heavy atom. The molecule has 1 heterocycles. The SMILES string of the molecule is Cc1ccc2c(c1)CC(N(C)C(=O)CN(CC(=O)NCCNC(C)C)c1cc(-c3noc(C)n3)ccc1C)C2.Cl. The van der Waals surface area contributed by atoms with Crippen LogP contribution in [0.25, 0.3) is 11.4 Å². The van der Waals surface area contributed by atoms with Crippen LogP contribution >= 0.6 is 12.4 Å². The van der Waals surface area contributed by atoms with E-state index in [-0.39, 0.29) is 43.4 Å². The van der Waals surface area contributed by atoms with Gasteiger partial charge in [0.05, 0.1) is 13.1 Å². The summed E-state index contributed by atoms with van der Waals surface area (Å²) in [5.41, 5.74) is 6.35. The Labute approximate surface area is 243 Å². The maximum absolute atomic E-state index is 13.6. The minimum Gasteiger partial charge on any atom is -0.353 e. The van der Waals surface area contributed by atoms with Crippen molar-refractivity contribution in [2.24, 2.45) is 0 Å². The molecule has 4 rings (SSSR count). The standard InChI is InChI=1S/C30H40N6O3.ClH/c1-19(2)31-11-12-32-28(37)17-36(27-16-24(10-8-21(27)4)30-33-22(5)39-34-30)18-29(38)35(6)26-14-23-9-7-20(3)13-25(23)15-26;/h7-10,13,16,19,26,31H,11-12,14-15,17-18H2,1-6H3,(H,32,37);1H. The first-order valence-electron chi connectivity index (χ1n) is 13.6. The lowest BCUT2D eigenvalue weighted by molar-refractivity contribution is -0.130. The third-order valence-electron chi connectivity index (χ3n) is 7.21. The van der Waals surface area contributed by atoms with Crippen molar-refractivity contribution in [3.05, 3.63) is 64.5 Å². The van der Waals surface area contributed by atoms with E-state index in [1.165, 1.54) is 16.7 Å². The first-order chi connectivity index (χ1) is 18.6. The monoisotopic (exact) mass is 568 g/mol. The largest absolute Gasteiger partial charge is 0.353 e. The van der Waals surface area contributed by atoms with E-state index in [9.17, 15) is 9.59 Å². The number of fused-ring (bicyclic) bond motifs is 1. The summed E-state index contributed by atoms with van der Waals surface area (Å²) in [5.74, 6) is 0.780. The fourth-order valence-electron chi connectivity index (χ4n) is 5.00. The predicted octanol–water partition coefficient (Wildman–Crippen LogP) is 3.63. The summed E-state index contributed by atoms with van der Waals surface area (Å²) in [6.07, 6.45) is 1.68. The molecule has 1 atom stereocenters. The molecular formula is C30H41ClN6O3. The van der Waals surface area contributed by atoms with Gasteiger partial charge in [-0.25, -0.2) is 0 Å². The first kappa shape index (κ1) is 31.1. The summed E-state index contributed by atoms with van der Waals surface area (Å²) in [6, 6.07) is 12.8. The van der Waals surface area contributed by atoms with Crippen LogP contribution in [0.4, 0.5) is 5.69 Å². The quantitative estimate of drug-likeness (QED) is 0.340. The van der Waals surface area contributed by atoms with Crippen LogP contribution in [-0.4, -0.2) is 72.2 Å². The average Bonchev–Trinajstić information content (AvgIpc) is 3.51. The van der Waals surface area contributed by atoms with Crippen molar-refractivity contribution in [3.8, 4) is 11.4 Å². The Hall–Kier alpha value is -3.43. The first-order valence-corrected chi connectivity index (χ1v) is 13.6. The number of aryl methyl sites for hydroxylation is 3. The zero-order chi connectivity index (χ0) is 28.1. The maximum atomic E-state index is 13.6. The molecule has 10 heteroatoms. The number of hydrogen-bond acceptors (Lipinski definition) is 7. The van der Waals surface area contributed by atoms with Crippen molar-refractivity contribution in [3.63, 3.8) is 0 Å². The molecule has 0 radical (unpaired) electrons. The van der Waals surface area contributed by atoms with E-state index in [4.69, 9.17) is 4.52 Å². The summed E-state index contributed by atoms with van der Waals surface area (Å²) < 4.78 is 5.17. The molecule has 0 bridgehead atoms. The fourth-order valence-corrected chi connectivity index (χ4v) is 5.00. The Bertz CT molecular complexity index is 1320. The summed E-state index contributed by atoms with van der Waals surface area (Å²) in [5, 5.41) is 10.3.